The van der Waals surface area contributed by atoms with Crippen LogP contribution in [0.3, 0.4) is 0 Å². The van der Waals surface area contributed by atoms with E-state index < -0.39 is 6.10 Å². The van der Waals surface area contributed by atoms with E-state index in [-0.39, 0.29) is 6.10 Å². The summed E-state index contributed by atoms with van der Waals surface area (Å²) in [6, 6.07) is 15.6. The molecule has 2 atom stereocenters. The molecule has 0 aromatic heterocycles. The Kier molecular flexibility index (Phi) is 9.36. The highest BCUT2D eigenvalue weighted by atomic mass is 35.5. The summed E-state index contributed by atoms with van der Waals surface area (Å²) >= 11 is 6.00. The second kappa shape index (κ2) is 12.2. The molecule has 1 aliphatic rings. The number of ether oxygens (including phenoxy) is 2. The van der Waals surface area contributed by atoms with Crippen molar-refractivity contribution < 1.29 is 19.4 Å². The molecule has 0 fully saturated rings. The number of hydrogen-bond acceptors (Lipinski definition) is 6. The van der Waals surface area contributed by atoms with Crippen LogP contribution in [0.1, 0.15) is 31.4 Å². The highest BCUT2D eigenvalue weighted by Gasteiger charge is 2.26. The zero-order chi connectivity index (χ0) is 22.9. The van der Waals surface area contributed by atoms with Crippen LogP contribution in [0.25, 0.3) is 0 Å². The quantitative estimate of drug-likeness (QED) is 0.509. The molecule has 0 aliphatic carbocycles. The fraction of sp³-hybridized carbons (Fsp3) is 0.480. The first-order valence-electron chi connectivity index (χ1n) is 11.0. The van der Waals surface area contributed by atoms with Crippen LogP contribution >= 0.6 is 11.6 Å². The fourth-order valence-corrected chi connectivity index (χ4v) is 3.78. The molecule has 1 N–H and O–H groups in total. The van der Waals surface area contributed by atoms with Crippen molar-refractivity contribution >= 4 is 17.3 Å². The molecular weight excluding hydrogens is 428 g/mol. The number of rotatable bonds is 12. The van der Waals surface area contributed by atoms with Gasteiger partial charge < -0.3 is 19.4 Å². The van der Waals surface area contributed by atoms with Gasteiger partial charge >= 0.3 is 0 Å². The van der Waals surface area contributed by atoms with Crippen molar-refractivity contribution in [1.82, 2.24) is 4.90 Å². The summed E-state index contributed by atoms with van der Waals surface area (Å²) < 4.78 is 11.0. The number of hydrogen-bond donors (Lipinski definition) is 1. The molecule has 6 nitrogen and oxygen atoms in total. The normalized spacial score (nSPS) is 16.8. The molecule has 0 unspecified atom stereocenters. The standard InChI is InChI=1S/C25H33ClN2O4/c1-18(2)16-31-17-22(29)14-28(13-19-5-4-6-23(11-19)30-3)15-24-12-25(27-32-24)20-7-9-21(26)10-8-20/h4-11,18,22,24,29H,12-17H2,1-3H3/t22-,24+/m0/s1. The highest BCUT2D eigenvalue weighted by Crippen LogP contribution is 2.21. The van der Waals surface area contributed by atoms with Crippen LogP contribution in [0.4, 0.5) is 0 Å². The minimum atomic E-state index is -0.586. The largest absolute Gasteiger partial charge is 0.497 e. The monoisotopic (exact) mass is 460 g/mol. The Hall–Kier alpha value is -2.12. The minimum Gasteiger partial charge on any atom is -0.497 e. The number of benzene rings is 2. The van der Waals surface area contributed by atoms with E-state index in [0.717, 1.165) is 22.6 Å². The summed E-state index contributed by atoms with van der Waals surface area (Å²) in [5.41, 5.74) is 3.03. The van der Waals surface area contributed by atoms with Gasteiger partial charge in [0.25, 0.3) is 0 Å². The van der Waals surface area contributed by atoms with Crippen LogP contribution in [-0.2, 0) is 16.1 Å². The number of aliphatic hydroxyl groups excluding tert-OH is 1. The molecule has 2 aromatic carbocycles. The van der Waals surface area contributed by atoms with Crippen LogP contribution in [0, 0.1) is 5.92 Å². The van der Waals surface area contributed by atoms with E-state index in [1.807, 2.05) is 42.5 Å². The molecule has 1 aliphatic heterocycles. The molecule has 174 valence electrons. The van der Waals surface area contributed by atoms with Gasteiger partial charge in [-0.1, -0.05) is 54.9 Å². The molecule has 32 heavy (non-hydrogen) atoms. The van der Waals surface area contributed by atoms with Crippen molar-refractivity contribution in [3.63, 3.8) is 0 Å². The van der Waals surface area contributed by atoms with Crippen LogP contribution < -0.4 is 4.74 Å². The van der Waals surface area contributed by atoms with Crippen LogP contribution in [0.15, 0.2) is 53.7 Å². The third-order valence-corrected chi connectivity index (χ3v) is 5.39. The van der Waals surface area contributed by atoms with E-state index in [2.05, 4.69) is 30.0 Å². The molecule has 0 amide bonds. The molecule has 0 bridgehead atoms. The average Bonchev–Trinajstić information content (AvgIpc) is 3.22. The van der Waals surface area contributed by atoms with Gasteiger partial charge in [0.2, 0.25) is 0 Å². The van der Waals surface area contributed by atoms with Crippen molar-refractivity contribution in [3.8, 4) is 5.75 Å². The summed E-state index contributed by atoms with van der Waals surface area (Å²) in [7, 11) is 1.66. The molecule has 2 aromatic rings. The Morgan fingerprint density at radius 2 is 1.97 bits per heavy atom. The Bertz CT molecular complexity index is 873. The van der Waals surface area contributed by atoms with Gasteiger partial charge in [-0.15, -0.1) is 0 Å². The van der Waals surface area contributed by atoms with Crippen molar-refractivity contribution in [2.75, 3.05) is 33.4 Å². The fourth-order valence-electron chi connectivity index (χ4n) is 3.65. The maximum Gasteiger partial charge on any atom is 0.145 e. The molecule has 0 saturated carbocycles. The SMILES string of the molecule is COc1cccc(CN(C[C@H](O)COCC(C)C)C[C@H]2CC(c3ccc(Cl)cc3)=NO2)c1. The summed E-state index contributed by atoms with van der Waals surface area (Å²) in [6.07, 6.45) is 0.0309. The first-order chi connectivity index (χ1) is 15.4. The number of nitrogens with zero attached hydrogens (tertiary/aromatic N) is 2. The van der Waals surface area contributed by atoms with Crippen LogP contribution in [0.5, 0.6) is 5.75 Å². The predicted molar refractivity (Wildman–Crippen MR) is 127 cm³/mol. The van der Waals surface area contributed by atoms with E-state index in [1.165, 1.54) is 0 Å². The minimum absolute atomic E-state index is 0.0879. The Labute approximate surface area is 195 Å². The first kappa shape index (κ1) is 24.5. The second-order valence-corrected chi connectivity index (χ2v) is 9.04. The molecule has 7 heteroatoms. The molecule has 1 heterocycles. The zero-order valence-electron chi connectivity index (χ0n) is 19.0. The van der Waals surface area contributed by atoms with Crippen LogP contribution in [-0.4, -0.2) is 61.3 Å². The number of oxime groups is 1. The smallest absolute Gasteiger partial charge is 0.145 e. The van der Waals surface area contributed by atoms with Gasteiger partial charge in [0.05, 0.1) is 25.5 Å². The van der Waals surface area contributed by atoms with Crippen molar-refractivity contribution in [3.05, 3.63) is 64.7 Å². The summed E-state index contributed by atoms with van der Waals surface area (Å²) in [4.78, 5) is 7.92. The summed E-state index contributed by atoms with van der Waals surface area (Å²) in [6.45, 7) is 6.91. The van der Waals surface area contributed by atoms with E-state index in [1.54, 1.807) is 7.11 Å². The summed E-state index contributed by atoms with van der Waals surface area (Å²) in [5, 5.41) is 15.6. The van der Waals surface area contributed by atoms with Gasteiger partial charge in [-0.3, -0.25) is 4.90 Å². The van der Waals surface area contributed by atoms with E-state index in [4.69, 9.17) is 25.9 Å². The lowest BCUT2D eigenvalue weighted by Crippen LogP contribution is -2.39. The number of aliphatic hydroxyl groups is 1. The summed E-state index contributed by atoms with van der Waals surface area (Å²) in [5.74, 6) is 1.25. The number of halogens is 1. The van der Waals surface area contributed by atoms with Gasteiger partial charge in [0.15, 0.2) is 0 Å². The van der Waals surface area contributed by atoms with E-state index in [0.29, 0.717) is 50.2 Å². The van der Waals surface area contributed by atoms with Gasteiger partial charge in [-0.2, -0.15) is 0 Å². The van der Waals surface area contributed by atoms with Crippen LogP contribution in [0.2, 0.25) is 5.02 Å². The molecule has 0 radical (unpaired) electrons. The molecule has 3 rings (SSSR count). The van der Waals surface area contributed by atoms with Crippen molar-refractivity contribution in [2.24, 2.45) is 11.1 Å². The van der Waals surface area contributed by atoms with Crippen molar-refractivity contribution in [1.29, 1.82) is 0 Å². The molecule has 0 spiro atoms. The van der Waals surface area contributed by atoms with E-state index >= 15 is 0 Å². The van der Waals surface area contributed by atoms with Crippen molar-refractivity contribution in [2.45, 2.75) is 39.0 Å². The lowest BCUT2D eigenvalue weighted by atomic mass is 10.0. The topological polar surface area (TPSA) is 63.5 Å². The Morgan fingerprint density at radius 1 is 1.19 bits per heavy atom. The average molecular weight is 461 g/mol. The zero-order valence-corrected chi connectivity index (χ0v) is 19.8. The first-order valence-corrected chi connectivity index (χ1v) is 11.4. The van der Waals surface area contributed by atoms with Gasteiger partial charge in [0, 0.05) is 37.7 Å². The Morgan fingerprint density at radius 3 is 2.69 bits per heavy atom. The lowest BCUT2D eigenvalue weighted by molar-refractivity contribution is -0.00735. The Balaban J connectivity index is 1.61. The predicted octanol–water partition coefficient (Wildman–Crippen LogP) is 4.38. The maximum atomic E-state index is 10.6. The molecular formula is C25H33ClN2O4. The van der Waals surface area contributed by atoms with Gasteiger partial charge in [-0.25, -0.2) is 0 Å². The third-order valence-electron chi connectivity index (χ3n) is 5.14. The lowest BCUT2D eigenvalue weighted by Gasteiger charge is -2.27. The third kappa shape index (κ3) is 7.78. The highest BCUT2D eigenvalue weighted by molar-refractivity contribution is 6.30. The van der Waals surface area contributed by atoms with Gasteiger partial charge in [0.1, 0.15) is 11.9 Å². The van der Waals surface area contributed by atoms with E-state index in [9.17, 15) is 5.11 Å². The maximum absolute atomic E-state index is 10.6. The molecule has 0 saturated heterocycles. The van der Waals surface area contributed by atoms with Gasteiger partial charge in [-0.05, 0) is 41.3 Å². The number of methoxy groups -OCH3 is 1. The second-order valence-electron chi connectivity index (χ2n) is 8.61.